The number of hydrogen-bond acceptors (Lipinski definition) is 5. The van der Waals surface area contributed by atoms with Crippen molar-refractivity contribution in [1.29, 1.82) is 5.26 Å². The van der Waals surface area contributed by atoms with Gasteiger partial charge in [-0.2, -0.15) is 5.26 Å². The number of hydrogen-bond donors (Lipinski definition) is 1. The molecule has 1 fully saturated rings. The van der Waals surface area contributed by atoms with Gasteiger partial charge < -0.3 is 10.1 Å². The standard InChI is InChI=1S/C19H15N3O4/c20-9-14-2-1-3-15(8-14)12-26-18(24)16-6-4-13(5-7-16)11-22-17(23)10-21-19(22)25/h1-8H,10-12H2,(H,21,25). The number of imide groups is 1. The monoisotopic (exact) mass is 349 g/mol. The highest BCUT2D eigenvalue weighted by molar-refractivity contribution is 6.01. The Bertz CT molecular complexity index is 884. The summed E-state index contributed by atoms with van der Waals surface area (Å²) in [7, 11) is 0. The van der Waals surface area contributed by atoms with E-state index in [4.69, 9.17) is 10.00 Å². The van der Waals surface area contributed by atoms with Gasteiger partial charge in [-0.15, -0.1) is 0 Å². The van der Waals surface area contributed by atoms with E-state index in [2.05, 4.69) is 5.32 Å². The molecule has 1 aliphatic rings. The van der Waals surface area contributed by atoms with Crippen molar-refractivity contribution in [2.45, 2.75) is 13.2 Å². The minimum absolute atomic E-state index is 0.0102. The highest BCUT2D eigenvalue weighted by atomic mass is 16.5. The molecule has 1 saturated heterocycles. The second-order valence-electron chi connectivity index (χ2n) is 5.72. The summed E-state index contributed by atoms with van der Waals surface area (Å²) in [6, 6.07) is 15.0. The van der Waals surface area contributed by atoms with Crippen molar-refractivity contribution in [3.05, 3.63) is 70.8 Å². The molecule has 1 aliphatic heterocycles. The summed E-state index contributed by atoms with van der Waals surface area (Å²) in [5, 5.41) is 11.3. The Morgan fingerprint density at radius 1 is 1.15 bits per heavy atom. The maximum Gasteiger partial charge on any atom is 0.338 e. The molecule has 0 aliphatic carbocycles. The fraction of sp³-hybridized carbons (Fsp3) is 0.158. The predicted octanol–water partition coefficient (Wildman–Crippen LogP) is 1.97. The summed E-state index contributed by atoms with van der Waals surface area (Å²) in [4.78, 5) is 36.3. The second kappa shape index (κ2) is 7.49. The highest BCUT2D eigenvalue weighted by Crippen LogP contribution is 2.12. The zero-order valence-electron chi connectivity index (χ0n) is 13.8. The zero-order valence-corrected chi connectivity index (χ0v) is 13.8. The molecule has 0 aromatic heterocycles. The van der Waals surface area contributed by atoms with Crippen LogP contribution >= 0.6 is 0 Å². The van der Waals surface area contributed by atoms with E-state index < -0.39 is 12.0 Å². The Morgan fingerprint density at radius 2 is 1.92 bits per heavy atom. The third-order valence-corrected chi connectivity index (χ3v) is 3.89. The molecule has 2 aromatic rings. The number of benzene rings is 2. The van der Waals surface area contributed by atoms with Crippen LogP contribution in [0.25, 0.3) is 0 Å². The summed E-state index contributed by atoms with van der Waals surface area (Å²) in [5.74, 6) is -0.771. The van der Waals surface area contributed by atoms with Crippen LogP contribution in [0, 0.1) is 11.3 Å². The third kappa shape index (κ3) is 3.87. The Balaban J connectivity index is 1.59. The zero-order chi connectivity index (χ0) is 18.5. The smallest absolute Gasteiger partial charge is 0.338 e. The second-order valence-corrected chi connectivity index (χ2v) is 5.72. The molecule has 1 N–H and O–H groups in total. The molecule has 7 heteroatoms. The van der Waals surface area contributed by atoms with Crippen LogP contribution in [0.4, 0.5) is 4.79 Å². The number of nitrogens with zero attached hydrogens (tertiary/aromatic N) is 2. The van der Waals surface area contributed by atoms with Crippen LogP contribution in [0.1, 0.15) is 27.0 Å². The predicted molar refractivity (Wildman–Crippen MR) is 90.7 cm³/mol. The lowest BCUT2D eigenvalue weighted by Gasteiger charge is -2.12. The van der Waals surface area contributed by atoms with Gasteiger partial charge in [0.05, 0.1) is 30.3 Å². The minimum atomic E-state index is -0.492. The van der Waals surface area contributed by atoms with Crippen molar-refractivity contribution in [3.63, 3.8) is 0 Å². The van der Waals surface area contributed by atoms with Crippen LogP contribution in [0.15, 0.2) is 48.5 Å². The molecule has 3 amide bonds. The van der Waals surface area contributed by atoms with Gasteiger partial charge in [-0.3, -0.25) is 9.69 Å². The third-order valence-electron chi connectivity index (χ3n) is 3.89. The summed E-state index contributed by atoms with van der Waals surface area (Å²) in [5.41, 5.74) is 2.33. The van der Waals surface area contributed by atoms with Crippen LogP contribution in [0.3, 0.4) is 0 Å². The molecule has 26 heavy (non-hydrogen) atoms. The maximum absolute atomic E-state index is 12.1. The molecule has 0 atom stereocenters. The van der Waals surface area contributed by atoms with Gasteiger partial charge in [0.1, 0.15) is 6.61 Å². The lowest BCUT2D eigenvalue weighted by atomic mass is 10.1. The van der Waals surface area contributed by atoms with Crippen LogP contribution < -0.4 is 5.32 Å². The Hall–Kier alpha value is -3.66. The van der Waals surface area contributed by atoms with Gasteiger partial charge in [-0.25, -0.2) is 9.59 Å². The number of nitriles is 1. The van der Waals surface area contributed by atoms with Crippen LogP contribution in [0.2, 0.25) is 0 Å². The quantitative estimate of drug-likeness (QED) is 0.657. The molecular weight excluding hydrogens is 334 g/mol. The van der Waals surface area contributed by atoms with E-state index in [0.29, 0.717) is 11.1 Å². The molecule has 7 nitrogen and oxygen atoms in total. The molecule has 0 unspecified atom stereocenters. The van der Waals surface area contributed by atoms with E-state index in [0.717, 1.165) is 16.0 Å². The molecule has 0 radical (unpaired) electrons. The number of nitrogens with one attached hydrogen (secondary N) is 1. The number of amides is 3. The first-order valence-electron chi connectivity index (χ1n) is 7.90. The lowest BCUT2D eigenvalue weighted by molar-refractivity contribution is -0.125. The van der Waals surface area contributed by atoms with Gasteiger partial charge in [0, 0.05) is 0 Å². The lowest BCUT2D eigenvalue weighted by Crippen LogP contribution is -2.30. The molecule has 0 spiro atoms. The fourth-order valence-corrected chi connectivity index (χ4v) is 2.51. The first kappa shape index (κ1) is 17.2. The molecule has 3 rings (SSSR count). The van der Waals surface area contributed by atoms with Crippen molar-refractivity contribution in [3.8, 4) is 6.07 Å². The van der Waals surface area contributed by atoms with Gasteiger partial charge in [0.25, 0.3) is 0 Å². The SMILES string of the molecule is N#Cc1cccc(COC(=O)c2ccc(CN3C(=O)CNC3=O)cc2)c1. The molecular formula is C19H15N3O4. The van der Waals surface area contributed by atoms with Crippen molar-refractivity contribution >= 4 is 17.9 Å². The number of carbonyl (C=O) groups is 3. The Kier molecular flexibility index (Phi) is 4.94. The van der Waals surface area contributed by atoms with Crippen molar-refractivity contribution in [1.82, 2.24) is 10.2 Å². The largest absolute Gasteiger partial charge is 0.457 e. The Morgan fingerprint density at radius 3 is 2.58 bits per heavy atom. The number of esters is 1. The first-order chi connectivity index (χ1) is 12.6. The summed E-state index contributed by atoms with van der Waals surface area (Å²) < 4.78 is 5.24. The van der Waals surface area contributed by atoms with E-state index in [1.165, 1.54) is 0 Å². The van der Waals surface area contributed by atoms with Crippen molar-refractivity contribution < 1.29 is 19.1 Å². The van der Waals surface area contributed by atoms with Gasteiger partial charge in [0.15, 0.2) is 0 Å². The van der Waals surface area contributed by atoms with Gasteiger partial charge in [-0.05, 0) is 35.4 Å². The van der Waals surface area contributed by atoms with E-state index in [-0.39, 0.29) is 25.6 Å². The van der Waals surface area contributed by atoms with E-state index in [1.807, 2.05) is 6.07 Å². The first-order valence-corrected chi connectivity index (χ1v) is 7.90. The topological polar surface area (TPSA) is 99.5 Å². The number of carbonyl (C=O) groups excluding carboxylic acids is 3. The normalized spacial score (nSPS) is 13.3. The van der Waals surface area contributed by atoms with Crippen LogP contribution in [-0.4, -0.2) is 29.4 Å². The van der Waals surface area contributed by atoms with Crippen LogP contribution in [-0.2, 0) is 22.7 Å². The highest BCUT2D eigenvalue weighted by Gasteiger charge is 2.28. The van der Waals surface area contributed by atoms with Crippen molar-refractivity contribution in [2.24, 2.45) is 0 Å². The van der Waals surface area contributed by atoms with Crippen LogP contribution in [0.5, 0.6) is 0 Å². The Labute approximate surface area is 149 Å². The van der Waals surface area contributed by atoms with Gasteiger partial charge in [0.2, 0.25) is 5.91 Å². The van der Waals surface area contributed by atoms with E-state index >= 15 is 0 Å². The van der Waals surface area contributed by atoms with Gasteiger partial charge >= 0.3 is 12.0 Å². The maximum atomic E-state index is 12.1. The molecule has 1 heterocycles. The molecule has 2 aromatic carbocycles. The minimum Gasteiger partial charge on any atom is -0.457 e. The number of rotatable bonds is 5. The summed E-state index contributed by atoms with van der Waals surface area (Å²) >= 11 is 0. The average molecular weight is 349 g/mol. The van der Waals surface area contributed by atoms with Gasteiger partial charge in [-0.1, -0.05) is 24.3 Å². The number of ether oxygens (including phenoxy) is 1. The molecule has 0 saturated carbocycles. The fourth-order valence-electron chi connectivity index (χ4n) is 2.51. The van der Waals surface area contributed by atoms with Crippen molar-refractivity contribution in [2.75, 3.05) is 6.54 Å². The molecule has 130 valence electrons. The molecule has 0 bridgehead atoms. The summed E-state index contributed by atoms with van der Waals surface area (Å²) in [6.07, 6.45) is 0. The summed E-state index contributed by atoms with van der Waals surface area (Å²) in [6.45, 7) is 0.232. The van der Waals surface area contributed by atoms with E-state index in [9.17, 15) is 14.4 Å². The number of urea groups is 1. The average Bonchev–Trinajstić information content (AvgIpc) is 2.99. The van der Waals surface area contributed by atoms with E-state index in [1.54, 1.807) is 48.5 Å².